The minimum absolute atomic E-state index is 0.0428. The van der Waals surface area contributed by atoms with Crippen molar-refractivity contribution < 1.29 is 18.8 Å². The van der Waals surface area contributed by atoms with Crippen LogP contribution in [0.4, 0.5) is 0 Å². The Morgan fingerprint density at radius 3 is 2.48 bits per heavy atom. The van der Waals surface area contributed by atoms with Crippen LogP contribution in [-0.2, 0) is 25.3 Å². The van der Waals surface area contributed by atoms with Crippen LogP contribution < -0.4 is 5.59 Å². The highest BCUT2D eigenvalue weighted by Gasteiger charge is 2.52. The summed E-state index contributed by atoms with van der Waals surface area (Å²) in [4.78, 5) is 19.9. The van der Waals surface area contributed by atoms with E-state index in [0.29, 0.717) is 18.0 Å². The molecule has 1 aliphatic rings. The molecular formula is C14H21BN2O4. The van der Waals surface area contributed by atoms with E-state index in [0.717, 1.165) is 0 Å². The van der Waals surface area contributed by atoms with E-state index in [2.05, 4.69) is 9.97 Å². The summed E-state index contributed by atoms with van der Waals surface area (Å²) in [6, 6.07) is 1.73. The van der Waals surface area contributed by atoms with Gasteiger partial charge in [0.15, 0.2) is 0 Å². The quantitative estimate of drug-likeness (QED) is 0.606. The number of carbonyl (C=O) groups excluding carboxylic acids is 1. The molecule has 0 amide bonds. The van der Waals surface area contributed by atoms with Crippen LogP contribution >= 0.6 is 0 Å². The Balaban J connectivity index is 2.14. The summed E-state index contributed by atoms with van der Waals surface area (Å²) in [6.07, 6.45) is 1.64. The molecule has 1 aliphatic heterocycles. The van der Waals surface area contributed by atoms with Crippen LogP contribution in [0.15, 0.2) is 12.3 Å². The van der Waals surface area contributed by atoms with E-state index in [1.54, 1.807) is 19.2 Å². The Morgan fingerprint density at radius 1 is 1.29 bits per heavy atom. The molecule has 0 spiro atoms. The fraction of sp³-hybridized carbons (Fsp3) is 0.643. The van der Waals surface area contributed by atoms with Gasteiger partial charge in [0.05, 0.1) is 23.4 Å². The van der Waals surface area contributed by atoms with Crippen LogP contribution in [0, 0.1) is 0 Å². The highest BCUT2D eigenvalue weighted by atomic mass is 16.7. The maximum atomic E-state index is 11.5. The summed E-state index contributed by atoms with van der Waals surface area (Å²) < 4.78 is 16.8. The second-order valence-electron chi connectivity index (χ2n) is 5.97. The summed E-state index contributed by atoms with van der Waals surface area (Å²) in [5.74, 6) is 0.0595. The number of hydrogen-bond donors (Lipinski definition) is 0. The highest BCUT2D eigenvalue weighted by Crippen LogP contribution is 2.36. The van der Waals surface area contributed by atoms with Crippen LogP contribution in [0.1, 0.15) is 40.4 Å². The predicted octanol–water partition coefficient (Wildman–Crippen LogP) is 0.881. The molecule has 7 heteroatoms. The summed E-state index contributed by atoms with van der Waals surface area (Å²) in [7, 11) is -0.557. The molecule has 0 unspecified atom stereocenters. The number of esters is 1. The van der Waals surface area contributed by atoms with E-state index in [1.807, 2.05) is 27.7 Å². The lowest BCUT2D eigenvalue weighted by atomic mass is 9.84. The number of hydrogen-bond acceptors (Lipinski definition) is 6. The first-order chi connectivity index (χ1) is 9.75. The first-order valence-electron chi connectivity index (χ1n) is 7.08. The van der Waals surface area contributed by atoms with Gasteiger partial charge in [0.2, 0.25) is 0 Å². The van der Waals surface area contributed by atoms with Crippen molar-refractivity contribution in [3.8, 4) is 0 Å². The lowest BCUT2D eigenvalue weighted by Gasteiger charge is -2.32. The lowest BCUT2D eigenvalue weighted by molar-refractivity contribution is -0.142. The molecule has 0 N–H and O–H groups in total. The van der Waals surface area contributed by atoms with Gasteiger partial charge in [0, 0.05) is 6.20 Å². The normalized spacial score (nSPS) is 19.6. The summed E-state index contributed by atoms with van der Waals surface area (Å²) in [6.45, 7) is 10.0. The predicted molar refractivity (Wildman–Crippen MR) is 78.1 cm³/mol. The molecule has 0 atom stereocenters. The molecule has 0 radical (unpaired) electrons. The van der Waals surface area contributed by atoms with E-state index in [-0.39, 0.29) is 12.4 Å². The number of carbonyl (C=O) groups is 1. The van der Waals surface area contributed by atoms with Gasteiger partial charge in [0.25, 0.3) is 0 Å². The monoisotopic (exact) mass is 292 g/mol. The van der Waals surface area contributed by atoms with Crippen molar-refractivity contribution in [1.82, 2.24) is 9.97 Å². The topological polar surface area (TPSA) is 70.5 Å². The molecule has 21 heavy (non-hydrogen) atoms. The van der Waals surface area contributed by atoms with Crippen LogP contribution in [-0.4, -0.2) is 40.9 Å². The zero-order chi connectivity index (χ0) is 15.7. The van der Waals surface area contributed by atoms with Crippen molar-refractivity contribution in [3.63, 3.8) is 0 Å². The minimum atomic E-state index is -0.557. The molecule has 0 bridgehead atoms. The van der Waals surface area contributed by atoms with E-state index < -0.39 is 18.3 Å². The van der Waals surface area contributed by atoms with Gasteiger partial charge in [-0.25, -0.2) is 9.97 Å². The first-order valence-corrected chi connectivity index (χ1v) is 7.08. The number of ether oxygens (including phenoxy) is 1. The van der Waals surface area contributed by atoms with Gasteiger partial charge in [0.1, 0.15) is 12.2 Å². The SMILES string of the molecule is CCOC(=O)Cc1nccc(B2OC(C)(C)C(C)(C)O2)n1. The Labute approximate surface area is 125 Å². The van der Waals surface area contributed by atoms with Crippen LogP contribution in [0.2, 0.25) is 0 Å². The van der Waals surface area contributed by atoms with Gasteiger partial charge in [-0.05, 0) is 40.7 Å². The first kappa shape index (κ1) is 15.9. The molecule has 1 aromatic rings. The smallest absolute Gasteiger partial charge is 0.466 e. The highest BCUT2D eigenvalue weighted by molar-refractivity contribution is 6.61. The Bertz CT molecular complexity index is 517. The van der Waals surface area contributed by atoms with Gasteiger partial charge in [-0.2, -0.15) is 0 Å². The Kier molecular flexibility index (Phi) is 4.34. The fourth-order valence-electron chi connectivity index (χ4n) is 1.94. The molecule has 2 rings (SSSR count). The molecule has 1 fully saturated rings. The molecule has 114 valence electrons. The van der Waals surface area contributed by atoms with Gasteiger partial charge >= 0.3 is 13.1 Å². The number of rotatable bonds is 4. The van der Waals surface area contributed by atoms with Crippen LogP contribution in [0.3, 0.4) is 0 Å². The summed E-state index contributed by atoms with van der Waals surface area (Å²) >= 11 is 0. The molecule has 0 saturated carbocycles. The molecule has 1 aromatic heterocycles. The maximum Gasteiger partial charge on any atom is 0.514 e. The molecular weight excluding hydrogens is 271 g/mol. The van der Waals surface area contributed by atoms with Gasteiger partial charge in [-0.15, -0.1) is 0 Å². The lowest BCUT2D eigenvalue weighted by Crippen LogP contribution is -2.41. The molecule has 0 aliphatic carbocycles. The van der Waals surface area contributed by atoms with E-state index in [1.165, 1.54) is 0 Å². The van der Waals surface area contributed by atoms with Crippen molar-refractivity contribution in [2.24, 2.45) is 0 Å². The minimum Gasteiger partial charge on any atom is -0.466 e. The standard InChI is InChI=1S/C14H21BN2O4/c1-6-19-12(18)9-11-16-8-7-10(17-11)15-20-13(2,3)14(4,5)21-15/h7-8H,6,9H2,1-5H3. The zero-order valence-corrected chi connectivity index (χ0v) is 13.2. The Hall–Kier alpha value is -1.47. The van der Waals surface area contributed by atoms with Gasteiger partial charge in [-0.3, -0.25) is 4.79 Å². The largest absolute Gasteiger partial charge is 0.514 e. The number of nitrogens with zero attached hydrogens (tertiary/aromatic N) is 2. The third-order valence-electron chi connectivity index (χ3n) is 3.83. The van der Waals surface area contributed by atoms with Crippen LogP contribution in [0.25, 0.3) is 0 Å². The van der Waals surface area contributed by atoms with E-state index in [9.17, 15) is 4.79 Å². The van der Waals surface area contributed by atoms with Gasteiger partial charge in [-0.1, -0.05) is 0 Å². The molecule has 0 aromatic carbocycles. The average molecular weight is 292 g/mol. The van der Waals surface area contributed by atoms with E-state index in [4.69, 9.17) is 14.0 Å². The molecule has 6 nitrogen and oxygen atoms in total. The van der Waals surface area contributed by atoms with Crippen molar-refractivity contribution >= 4 is 18.7 Å². The van der Waals surface area contributed by atoms with Crippen molar-refractivity contribution in [2.75, 3.05) is 6.61 Å². The second-order valence-corrected chi connectivity index (χ2v) is 5.97. The van der Waals surface area contributed by atoms with Crippen molar-refractivity contribution in [1.29, 1.82) is 0 Å². The number of aromatic nitrogens is 2. The van der Waals surface area contributed by atoms with Crippen LogP contribution in [0.5, 0.6) is 0 Å². The second kappa shape index (κ2) is 5.73. The molecule has 2 heterocycles. The maximum absolute atomic E-state index is 11.5. The summed E-state index contributed by atoms with van der Waals surface area (Å²) in [5, 5.41) is 0. The molecule has 1 saturated heterocycles. The van der Waals surface area contributed by atoms with Crippen molar-refractivity contribution in [2.45, 2.75) is 52.2 Å². The average Bonchev–Trinajstić information content (AvgIpc) is 2.59. The zero-order valence-electron chi connectivity index (χ0n) is 13.2. The third kappa shape index (κ3) is 3.41. The Morgan fingerprint density at radius 2 is 1.90 bits per heavy atom. The third-order valence-corrected chi connectivity index (χ3v) is 3.83. The van der Waals surface area contributed by atoms with E-state index >= 15 is 0 Å². The van der Waals surface area contributed by atoms with Crippen molar-refractivity contribution in [3.05, 3.63) is 18.1 Å². The summed E-state index contributed by atoms with van der Waals surface area (Å²) in [5.41, 5.74) is -0.239. The fourth-order valence-corrected chi connectivity index (χ4v) is 1.94. The van der Waals surface area contributed by atoms with Gasteiger partial charge < -0.3 is 14.0 Å².